The van der Waals surface area contributed by atoms with Crippen LogP contribution in [0.15, 0.2) is 30.3 Å². The minimum absolute atomic E-state index is 0.0294. The summed E-state index contributed by atoms with van der Waals surface area (Å²) in [6, 6.07) is 5.62. The number of carboxylic acid groups (broad SMARTS) is 1. The molecule has 2 rings (SSSR count). The molecule has 0 aromatic heterocycles. The van der Waals surface area contributed by atoms with Crippen LogP contribution in [0, 0.1) is 0 Å². The first-order chi connectivity index (χ1) is 11.2. The standard InChI is InChI=1S/C15H15F3N2O4/c16-15(17,18)8-11(21)19-10-6-7-20(13(10)22)12(14(23)24)9-4-2-1-3-5-9/h1-5,10,12H,6-8H2,(H,19,21)(H,23,24)/t10-,12+/m1/s1. The first kappa shape index (κ1) is 17.8. The Morgan fingerprint density at radius 3 is 2.46 bits per heavy atom. The van der Waals surface area contributed by atoms with Crippen LogP contribution in [0.25, 0.3) is 0 Å². The summed E-state index contributed by atoms with van der Waals surface area (Å²) in [5.74, 6) is -3.27. The lowest BCUT2D eigenvalue weighted by atomic mass is 10.1. The van der Waals surface area contributed by atoms with Gasteiger partial charge in [-0.2, -0.15) is 13.2 Å². The molecule has 1 aromatic rings. The van der Waals surface area contributed by atoms with E-state index in [1.54, 1.807) is 30.3 Å². The van der Waals surface area contributed by atoms with Crippen molar-refractivity contribution in [2.45, 2.75) is 31.1 Å². The second-order valence-electron chi connectivity index (χ2n) is 5.38. The molecule has 1 aliphatic rings. The van der Waals surface area contributed by atoms with Crippen LogP contribution in [0.4, 0.5) is 13.2 Å². The van der Waals surface area contributed by atoms with Gasteiger partial charge in [0.15, 0.2) is 6.04 Å². The van der Waals surface area contributed by atoms with E-state index in [1.165, 1.54) is 0 Å². The van der Waals surface area contributed by atoms with E-state index in [-0.39, 0.29) is 13.0 Å². The molecule has 0 aliphatic carbocycles. The smallest absolute Gasteiger partial charge is 0.397 e. The summed E-state index contributed by atoms with van der Waals surface area (Å²) in [5, 5.41) is 11.4. The summed E-state index contributed by atoms with van der Waals surface area (Å²) < 4.78 is 36.5. The molecule has 9 heteroatoms. The zero-order valence-corrected chi connectivity index (χ0v) is 12.4. The van der Waals surface area contributed by atoms with Gasteiger partial charge < -0.3 is 15.3 Å². The van der Waals surface area contributed by atoms with Crippen LogP contribution in [0.2, 0.25) is 0 Å². The van der Waals surface area contributed by atoms with Gasteiger partial charge in [0.2, 0.25) is 11.8 Å². The number of alkyl halides is 3. The molecular formula is C15H15F3N2O4. The van der Waals surface area contributed by atoms with Crippen molar-refractivity contribution in [3.05, 3.63) is 35.9 Å². The maximum Gasteiger partial charge on any atom is 0.397 e. The predicted molar refractivity (Wildman–Crippen MR) is 75.8 cm³/mol. The number of halogens is 3. The van der Waals surface area contributed by atoms with Crippen LogP contribution in [-0.4, -0.2) is 46.6 Å². The molecular weight excluding hydrogens is 329 g/mol. The van der Waals surface area contributed by atoms with E-state index in [9.17, 15) is 32.7 Å². The van der Waals surface area contributed by atoms with Crippen LogP contribution in [0.3, 0.4) is 0 Å². The molecule has 2 atom stereocenters. The predicted octanol–water partition coefficient (Wildman–Crippen LogP) is 1.48. The average molecular weight is 344 g/mol. The van der Waals surface area contributed by atoms with Crippen molar-refractivity contribution in [1.82, 2.24) is 10.2 Å². The number of nitrogens with zero attached hydrogens (tertiary/aromatic N) is 1. The number of carbonyl (C=O) groups is 3. The molecule has 0 radical (unpaired) electrons. The van der Waals surface area contributed by atoms with Gasteiger partial charge in [-0.05, 0) is 12.0 Å². The third-order valence-corrected chi connectivity index (χ3v) is 3.60. The first-order valence-electron chi connectivity index (χ1n) is 7.13. The maximum absolute atomic E-state index is 12.3. The molecule has 1 fully saturated rings. The second kappa shape index (κ2) is 6.90. The third-order valence-electron chi connectivity index (χ3n) is 3.60. The van der Waals surface area contributed by atoms with E-state index < -0.39 is 42.5 Å². The number of carbonyl (C=O) groups excluding carboxylic acids is 2. The molecule has 0 saturated carbocycles. The Labute approximate surface area is 135 Å². The van der Waals surface area contributed by atoms with Crippen molar-refractivity contribution >= 4 is 17.8 Å². The molecule has 1 aliphatic heterocycles. The monoisotopic (exact) mass is 344 g/mol. The maximum atomic E-state index is 12.3. The molecule has 1 saturated heterocycles. The molecule has 1 heterocycles. The number of nitrogens with one attached hydrogen (secondary N) is 1. The van der Waals surface area contributed by atoms with Crippen LogP contribution < -0.4 is 5.32 Å². The number of rotatable bonds is 5. The fourth-order valence-corrected chi connectivity index (χ4v) is 2.61. The van der Waals surface area contributed by atoms with Gasteiger partial charge in [-0.25, -0.2) is 4.79 Å². The van der Waals surface area contributed by atoms with Gasteiger partial charge >= 0.3 is 12.1 Å². The summed E-state index contributed by atoms with van der Waals surface area (Å²) >= 11 is 0. The van der Waals surface area contributed by atoms with Crippen molar-refractivity contribution < 1.29 is 32.7 Å². The zero-order valence-electron chi connectivity index (χ0n) is 12.4. The molecule has 0 spiro atoms. The molecule has 2 amide bonds. The van der Waals surface area contributed by atoms with Gasteiger partial charge in [-0.15, -0.1) is 0 Å². The molecule has 130 valence electrons. The fourth-order valence-electron chi connectivity index (χ4n) is 2.61. The Morgan fingerprint density at radius 2 is 1.92 bits per heavy atom. The molecule has 6 nitrogen and oxygen atoms in total. The van der Waals surface area contributed by atoms with E-state index in [1.807, 2.05) is 5.32 Å². The van der Waals surface area contributed by atoms with Gasteiger partial charge in [-0.1, -0.05) is 30.3 Å². The number of benzene rings is 1. The Kier molecular flexibility index (Phi) is 5.10. The zero-order chi connectivity index (χ0) is 17.9. The van der Waals surface area contributed by atoms with Crippen LogP contribution in [0.1, 0.15) is 24.4 Å². The van der Waals surface area contributed by atoms with Crippen molar-refractivity contribution in [2.24, 2.45) is 0 Å². The van der Waals surface area contributed by atoms with Gasteiger partial charge in [0.1, 0.15) is 12.5 Å². The molecule has 0 unspecified atom stereocenters. The highest BCUT2D eigenvalue weighted by Gasteiger charge is 2.41. The van der Waals surface area contributed by atoms with Crippen molar-refractivity contribution in [3.63, 3.8) is 0 Å². The van der Waals surface area contributed by atoms with E-state index in [2.05, 4.69) is 0 Å². The number of likely N-dealkylation sites (tertiary alicyclic amines) is 1. The van der Waals surface area contributed by atoms with E-state index in [0.717, 1.165) is 4.90 Å². The Hall–Kier alpha value is -2.58. The highest BCUT2D eigenvalue weighted by molar-refractivity contribution is 5.92. The number of aliphatic carboxylic acids is 1. The van der Waals surface area contributed by atoms with Gasteiger partial charge in [0, 0.05) is 6.54 Å². The topological polar surface area (TPSA) is 86.7 Å². The SMILES string of the molecule is O=C(CC(F)(F)F)N[C@@H]1CCN([C@H](C(=O)O)c2ccccc2)C1=O. The summed E-state index contributed by atoms with van der Waals surface area (Å²) in [7, 11) is 0. The quantitative estimate of drug-likeness (QED) is 0.847. The number of carboxylic acids is 1. The average Bonchev–Trinajstić information content (AvgIpc) is 2.80. The van der Waals surface area contributed by atoms with E-state index in [0.29, 0.717) is 5.56 Å². The van der Waals surface area contributed by atoms with Crippen molar-refractivity contribution in [3.8, 4) is 0 Å². The third kappa shape index (κ3) is 4.24. The van der Waals surface area contributed by atoms with E-state index >= 15 is 0 Å². The number of amides is 2. The first-order valence-corrected chi connectivity index (χ1v) is 7.13. The Balaban J connectivity index is 2.09. The summed E-state index contributed by atoms with van der Waals surface area (Å²) in [6.45, 7) is 0.0294. The van der Waals surface area contributed by atoms with Crippen LogP contribution >= 0.6 is 0 Å². The summed E-state index contributed by atoms with van der Waals surface area (Å²) in [6.07, 6.45) is -6.30. The fraction of sp³-hybridized carbons (Fsp3) is 0.400. The minimum Gasteiger partial charge on any atom is -0.479 e. The molecule has 24 heavy (non-hydrogen) atoms. The lowest BCUT2D eigenvalue weighted by Crippen LogP contribution is -2.44. The Morgan fingerprint density at radius 1 is 1.29 bits per heavy atom. The summed E-state index contributed by atoms with van der Waals surface area (Å²) in [5.41, 5.74) is 0.376. The van der Waals surface area contributed by atoms with Crippen molar-refractivity contribution in [2.75, 3.05) is 6.54 Å². The van der Waals surface area contributed by atoms with E-state index in [4.69, 9.17) is 0 Å². The van der Waals surface area contributed by atoms with Gasteiger partial charge in [0.05, 0.1) is 0 Å². The number of hydrogen-bond acceptors (Lipinski definition) is 3. The van der Waals surface area contributed by atoms with Crippen LogP contribution in [0.5, 0.6) is 0 Å². The van der Waals surface area contributed by atoms with Gasteiger partial charge in [0.25, 0.3) is 0 Å². The lowest BCUT2D eigenvalue weighted by Gasteiger charge is -2.25. The second-order valence-corrected chi connectivity index (χ2v) is 5.38. The highest BCUT2D eigenvalue weighted by atomic mass is 19.4. The highest BCUT2D eigenvalue weighted by Crippen LogP contribution is 2.27. The molecule has 0 bridgehead atoms. The normalized spacial score (nSPS) is 19.2. The lowest BCUT2D eigenvalue weighted by molar-refractivity contribution is -0.155. The number of hydrogen-bond donors (Lipinski definition) is 2. The largest absolute Gasteiger partial charge is 0.479 e. The summed E-state index contributed by atoms with van der Waals surface area (Å²) in [4.78, 5) is 36.2. The van der Waals surface area contributed by atoms with Gasteiger partial charge in [-0.3, -0.25) is 9.59 Å². The van der Waals surface area contributed by atoms with Crippen molar-refractivity contribution in [1.29, 1.82) is 0 Å². The Bertz CT molecular complexity index is 633. The van der Waals surface area contributed by atoms with Crippen LogP contribution in [-0.2, 0) is 14.4 Å². The minimum atomic E-state index is -4.67. The molecule has 1 aromatic carbocycles. The molecule has 2 N–H and O–H groups in total.